The van der Waals surface area contributed by atoms with Crippen LogP contribution in [-0.4, -0.2) is 38.6 Å². The van der Waals surface area contributed by atoms with Gasteiger partial charge in [0.05, 0.1) is 47.6 Å². The molecule has 26 heavy (non-hydrogen) atoms. The van der Waals surface area contributed by atoms with E-state index in [4.69, 9.17) is 34.8 Å². The summed E-state index contributed by atoms with van der Waals surface area (Å²) in [5, 5.41) is 3.76. The van der Waals surface area contributed by atoms with Gasteiger partial charge in [-0.05, 0) is 24.3 Å². The van der Waals surface area contributed by atoms with Gasteiger partial charge in [-0.15, -0.1) is 0 Å². The van der Waals surface area contributed by atoms with E-state index in [2.05, 4.69) is 5.32 Å². The van der Waals surface area contributed by atoms with E-state index >= 15 is 0 Å². The number of hydrogen-bond donors (Lipinski definition) is 2. The van der Waals surface area contributed by atoms with Crippen LogP contribution in [0.25, 0.3) is 0 Å². The van der Waals surface area contributed by atoms with Crippen LogP contribution in [0.4, 0.5) is 15.8 Å². The molecule has 0 unspecified atom stereocenters. The van der Waals surface area contributed by atoms with Crippen LogP contribution in [0.15, 0.2) is 36.4 Å². The third kappa shape index (κ3) is 4.60. The van der Waals surface area contributed by atoms with Crippen LogP contribution in [0.5, 0.6) is 0 Å². The van der Waals surface area contributed by atoms with Crippen molar-refractivity contribution in [3.63, 3.8) is 0 Å². The van der Waals surface area contributed by atoms with Crippen LogP contribution in [0.3, 0.4) is 0 Å². The summed E-state index contributed by atoms with van der Waals surface area (Å²) in [6, 6.07) is 9.80. The molecule has 1 saturated heterocycles. The van der Waals surface area contributed by atoms with Gasteiger partial charge in [0.25, 0.3) is 5.91 Å². The second kappa shape index (κ2) is 8.44. The average molecular weight is 418 g/mol. The Labute approximate surface area is 166 Å². The number of anilines is 2. The largest absolute Gasteiger partial charge is 0.358 e. The van der Waals surface area contributed by atoms with Crippen molar-refractivity contribution in [1.82, 2.24) is 0 Å². The molecule has 2 N–H and O–H groups in total. The van der Waals surface area contributed by atoms with E-state index in [0.717, 1.165) is 18.0 Å². The van der Waals surface area contributed by atoms with Crippen molar-refractivity contribution < 1.29 is 14.1 Å². The molecule has 1 fully saturated rings. The number of piperazine rings is 1. The lowest BCUT2D eigenvalue weighted by Crippen LogP contribution is -3.15. The van der Waals surface area contributed by atoms with Gasteiger partial charge >= 0.3 is 0 Å². The van der Waals surface area contributed by atoms with Crippen molar-refractivity contribution in [3.05, 3.63) is 57.3 Å². The topological polar surface area (TPSA) is 36.8 Å². The van der Waals surface area contributed by atoms with Gasteiger partial charge in [0.1, 0.15) is 5.82 Å². The molecule has 0 saturated carbocycles. The van der Waals surface area contributed by atoms with Crippen LogP contribution in [0.1, 0.15) is 0 Å². The Morgan fingerprint density at radius 3 is 2.35 bits per heavy atom. The zero-order chi connectivity index (χ0) is 18.7. The van der Waals surface area contributed by atoms with Crippen LogP contribution in [0, 0.1) is 5.82 Å². The van der Waals surface area contributed by atoms with Gasteiger partial charge < -0.3 is 15.1 Å². The molecule has 0 aliphatic carbocycles. The predicted octanol–water partition coefficient (Wildman–Crippen LogP) is 3.13. The lowest BCUT2D eigenvalue weighted by molar-refractivity contribution is -0.892. The van der Waals surface area contributed by atoms with Gasteiger partial charge in [0.15, 0.2) is 6.54 Å². The number of amides is 1. The minimum atomic E-state index is -0.222. The lowest BCUT2D eigenvalue weighted by atomic mass is 10.2. The van der Waals surface area contributed by atoms with E-state index in [1.807, 2.05) is 11.0 Å². The number of rotatable bonds is 4. The maximum atomic E-state index is 13.9. The number of para-hydroxylation sites is 1. The molecule has 3 rings (SSSR count). The zero-order valence-corrected chi connectivity index (χ0v) is 16.1. The fourth-order valence-electron chi connectivity index (χ4n) is 3.02. The first-order chi connectivity index (χ1) is 12.4. The van der Waals surface area contributed by atoms with Crippen molar-refractivity contribution in [1.29, 1.82) is 0 Å². The summed E-state index contributed by atoms with van der Waals surface area (Å²) < 4.78 is 13.9. The molecule has 138 valence electrons. The molecule has 2 aromatic carbocycles. The number of nitrogens with one attached hydrogen (secondary N) is 2. The van der Waals surface area contributed by atoms with Gasteiger partial charge in [-0.2, -0.15) is 0 Å². The maximum absolute atomic E-state index is 13.9. The highest BCUT2D eigenvalue weighted by molar-refractivity contribution is 6.42. The third-order valence-corrected chi connectivity index (χ3v) is 5.16. The number of quaternary nitrogens is 1. The summed E-state index contributed by atoms with van der Waals surface area (Å²) in [5.74, 6) is -0.397. The molecule has 8 heteroatoms. The van der Waals surface area contributed by atoms with Crippen molar-refractivity contribution in [2.45, 2.75) is 0 Å². The summed E-state index contributed by atoms with van der Waals surface area (Å²) in [5.41, 5.74) is 0.975. The van der Waals surface area contributed by atoms with Crippen molar-refractivity contribution in [2.75, 3.05) is 42.9 Å². The molecule has 0 spiro atoms. The Bertz CT molecular complexity index is 787. The van der Waals surface area contributed by atoms with E-state index in [9.17, 15) is 9.18 Å². The molecule has 1 aliphatic rings. The molecule has 1 heterocycles. The molecular formula is C18H18Cl3FN3O+. The third-order valence-electron chi connectivity index (χ3n) is 4.35. The van der Waals surface area contributed by atoms with E-state index in [-0.39, 0.29) is 11.7 Å². The second-order valence-electron chi connectivity index (χ2n) is 6.16. The quantitative estimate of drug-likeness (QED) is 0.802. The van der Waals surface area contributed by atoms with Crippen LogP contribution >= 0.6 is 34.8 Å². The number of benzene rings is 2. The number of hydrogen-bond acceptors (Lipinski definition) is 2. The smallest absolute Gasteiger partial charge is 0.279 e. The maximum Gasteiger partial charge on any atom is 0.279 e. The van der Waals surface area contributed by atoms with Gasteiger partial charge in [-0.1, -0.05) is 46.9 Å². The fraction of sp³-hybridized carbons (Fsp3) is 0.278. The van der Waals surface area contributed by atoms with Gasteiger partial charge in [-0.25, -0.2) is 4.39 Å². The highest BCUT2D eigenvalue weighted by atomic mass is 35.5. The molecule has 1 amide bonds. The van der Waals surface area contributed by atoms with Crippen LogP contribution in [0.2, 0.25) is 15.1 Å². The molecule has 4 nitrogen and oxygen atoms in total. The normalized spacial score (nSPS) is 15.2. The Kier molecular flexibility index (Phi) is 6.24. The van der Waals surface area contributed by atoms with Crippen LogP contribution < -0.4 is 15.1 Å². The standard InChI is InChI=1S/C18H17Cl3FN3O/c19-12-9-13(20)18(14(21)10-12)23-17(26)11-24-5-7-25(8-6-24)16-4-2-1-3-15(16)22/h1-4,9-10H,5-8,11H2,(H,23,26)/p+1. The van der Waals surface area contributed by atoms with Gasteiger partial charge in [0.2, 0.25) is 0 Å². The van der Waals surface area contributed by atoms with Gasteiger partial charge in [0, 0.05) is 5.02 Å². The number of carbonyl (C=O) groups is 1. The minimum absolute atomic E-state index is 0.175. The van der Waals surface area contributed by atoms with E-state index < -0.39 is 0 Å². The molecule has 0 bridgehead atoms. The Morgan fingerprint density at radius 1 is 1.12 bits per heavy atom. The number of carbonyl (C=O) groups excluding carboxylic acids is 1. The average Bonchev–Trinajstić information content (AvgIpc) is 2.59. The Hall–Kier alpha value is -1.53. The summed E-state index contributed by atoms with van der Waals surface area (Å²) in [6.45, 7) is 3.14. The Morgan fingerprint density at radius 2 is 1.73 bits per heavy atom. The highest BCUT2D eigenvalue weighted by Gasteiger charge is 2.24. The fourth-order valence-corrected chi connectivity index (χ4v) is 3.93. The highest BCUT2D eigenvalue weighted by Crippen LogP contribution is 2.33. The molecular weight excluding hydrogens is 400 g/mol. The Balaban J connectivity index is 1.55. The van der Waals surface area contributed by atoms with Crippen molar-refractivity contribution >= 4 is 52.1 Å². The molecule has 0 aromatic heterocycles. The first-order valence-electron chi connectivity index (χ1n) is 8.21. The number of halogens is 4. The summed E-state index contributed by atoms with van der Waals surface area (Å²) in [7, 11) is 0. The minimum Gasteiger partial charge on any atom is -0.358 e. The summed E-state index contributed by atoms with van der Waals surface area (Å²) in [4.78, 5) is 15.4. The summed E-state index contributed by atoms with van der Waals surface area (Å²) in [6.07, 6.45) is 0. The molecule has 2 aromatic rings. The van der Waals surface area contributed by atoms with Crippen molar-refractivity contribution in [3.8, 4) is 0 Å². The lowest BCUT2D eigenvalue weighted by Gasteiger charge is -2.33. The SMILES string of the molecule is O=C(C[NH+]1CCN(c2ccccc2F)CC1)Nc1c(Cl)cc(Cl)cc1Cl. The van der Waals surface area contributed by atoms with Crippen molar-refractivity contribution in [2.24, 2.45) is 0 Å². The molecule has 0 radical (unpaired) electrons. The first-order valence-corrected chi connectivity index (χ1v) is 9.35. The first kappa shape index (κ1) is 19.2. The van der Waals surface area contributed by atoms with E-state index in [1.165, 1.54) is 18.2 Å². The monoisotopic (exact) mass is 416 g/mol. The molecule has 0 atom stereocenters. The number of nitrogens with zero attached hydrogens (tertiary/aromatic N) is 1. The van der Waals surface area contributed by atoms with E-state index in [1.54, 1.807) is 12.1 Å². The van der Waals surface area contributed by atoms with Crippen LogP contribution in [-0.2, 0) is 4.79 Å². The summed E-state index contributed by atoms with van der Waals surface area (Å²) >= 11 is 18.1. The second-order valence-corrected chi connectivity index (χ2v) is 7.41. The van der Waals surface area contributed by atoms with E-state index in [0.29, 0.717) is 46.1 Å². The predicted molar refractivity (Wildman–Crippen MR) is 104 cm³/mol. The zero-order valence-electron chi connectivity index (χ0n) is 13.9. The molecule has 1 aliphatic heterocycles. The van der Waals surface area contributed by atoms with Gasteiger partial charge in [-0.3, -0.25) is 4.79 Å².